The number of rotatable bonds is 6. The smallest absolute Gasteiger partial charge is 0.336 e. The largest absolute Gasteiger partial charge is 0.371 e. The minimum Gasteiger partial charge on any atom is -0.371 e. The molecule has 1 aliphatic rings. The van der Waals surface area contributed by atoms with Gasteiger partial charge < -0.3 is 4.74 Å². The van der Waals surface area contributed by atoms with E-state index in [4.69, 9.17) is 4.74 Å². The van der Waals surface area contributed by atoms with E-state index in [9.17, 15) is 14.4 Å². The average molecular weight is 273 g/mol. The fraction of sp³-hybridized carbons (Fsp3) is 0.700. The van der Waals surface area contributed by atoms with Crippen molar-refractivity contribution in [3.8, 4) is 0 Å². The van der Waals surface area contributed by atoms with Crippen LogP contribution in [0, 0.1) is 0 Å². The van der Waals surface area contributed by atoms with Crippen molar-refractivity contribution in [2.75, 3.05) is 18.6 Å². The zero-order valence-electron chi connectivity index (χ0n) is 10.0. The first-order chi connectivity index (χ1) is 8.63. The number of thioether (sulfide) groups is 1. The van der Waals surface area contributed by atoms with Crippen LogP contribution < -0.4 is 17.1 Å². The van der Waals surface area contributed by atoms with E-state index in [0.29, 0.717) is 19.6 Å². The third-order valence-corrected chi connectivity index (χ3v) is 3.38. The molecule has 1 atom stereocenters. The van der Waals surface area contributed by atoms with Crippen LogP contribution in [0.2, 0.25) is 0 Å². The number of nitrogens with zero attached hydrogens (tertiary/aromatic N) is 2. The SMILES string of the molecule is CSCCCn1c(=O)[nH]c(=O)n(CC2CO2)c1=O. The summed E-state index contributed by atoms with van der Waals surface area (Å²) in [6.45, 7) is 1.08. The van der Waals surface area contributed by atoms with E-state index < -0.39 is 17.1 Å². The van der Waals surface area contributed by atoms with Gasteiger partial charge in [-0.1, -0.05) is 0 Å². The zero-order valence-corrected chi connectivity index (χ0v) is 10.9. The summed E-state index contributed by atoms with van der Waals surface area (Å²) in [5.41, 5.74) is -1.86. The Kier molecular flexibility index (Phi) is 4.07. The van der Waals surface area contributed by atoms with Gasteiger partial charge in [0.2, 0.25) is 0 Å². The van der Waals surface area contributed by atoms with Gasteiger partial charge in [0.1, 0.15) is 0 Å². The van der Waals surface area contributed by atoms with Crippen molar-refractivity contribution in [2.24, 2.45) is 0 Å². The van der Waals surface area contributed by atoms with Crippen LogP contribution in [-0.2, 0) is 17.8 Å². The summed E-state index contributed by atoms with van der Waals surface area (Å²) in [5, 5.41) is 0. The van der Waals surface area contributed by atoms with Gasteiger partial charge in [0.25, 0.3) is 0 Å². The van der Waals surface area contributed by atoms with Crippen molar-refractivity contribution in [1.29, 1.82) is 0 Å². The third kappa shape index (κ3) is 2.94. The van der Waals surface area contributed by atoms with Gasteiger partial charge in [0, 0.05) is 6.54 Å². The topological polar surface area (TPSA) is 89.4 Å². The summed E-state index contributed by atoms with van der Waals surface area (Å²) in [6.07, 6.45) is 2.58. The summed E-state index contributed by atoms with van der Waals surface area (Å²) in [6, 6.07) is 0. The van der Waals surface area contributed by atoms with Crippen molar-refractivity contribution < 1.29 is 4.74 Å². The molecule has 1 aliphatic heterocycles. The second-order valence-corrected chi connectivity index (χ2v) is 5.07. The predicted octanol–water partition coefficient (Wildman–Crippen LogP) is -1.15. The lowest BCUT2D eigenvalue weighted by Crippen LogP contribution is -2.50. The first-order valence-corrected chi connectivity index (χ1v) is 7.07. The number of ether oxygens (including phenoxy) is 1. The fourth-order valence-electron chi connectivity index (χ4n) is 1.65. The number of nitrogens with one attached hydrogen (secondary N) is 1. The molecule has 0 radical (unpaired) electrons. The molecule has 0 saturated carbocycles. The Morgan fingerprint density at radius 2 is 2.00 bits per heavy atom. The molecular weight excluding hydrogens is 258 g/mol. The molecular formula is C10H15N3O4S. The number of H-pyrrole nitrogens is 1. The Morgan fingerprint density at radius 1 is 1.33 bits per heavy atom. The number of epoxide rings is 1. The van der Waals surface area contributed by atoms with Gasteiger partial charge in [-0.25, -0.2) is 23.5 Å². The first-order valence-electron chi connectivity index (χ1n) is 5.68. The third-order valence-electron chi connectivity index (χ3n) is 2.68. The average Bonchev–Trinajstić information content (AvgIpc) is 3.13. The van der Waals surface area contributed by atoms with Crippen LogP contribution in [0.25, 0.3) is 0 Å². The molecule has 0 bridgehead atoms. The molecule has 7 nitrogen and oxygen atoms in total. The summed E-state index contributed by atoms with van der Waals surface area (Å²) in [4.78, 5) is 37.3. The number of aromatic nitrogens is 3. The Balaban J connectivity index is 2.30. The van der Waals surface area contributed by atoms with Crippen molar-refractivity contribution in [3.05, 3.63) is 31.5 Å². The lowest BCUT2D eigenvalue weighted by molar-refractivity contribution is 0.367. The van der Waals surface area contributed by atoms with E-state index in [1.165, 1.54) is 0 Å². The molecule has 1 aromatic heterocycles. The van der Waals surface area contributed by atoms with E-state index in [1.807, 2.05) is 6.26 Å². The normalized spacial score (nSPS) is 17.9. The van der Waals surface area contributed by atoms with Crippen molar-refractivity contribution in [1.82, 2.24) is 14.1 Å². The van der Waals surface area contributed by atoms with Gasteiger partial charge in [0.15, 0.2) is 0 Å². The summed E-state index contributed by atoms with van der Waals surface area (Å²) in [7, 11) is 0. The monoisotopic (exact) mass is 273 g/mol. The van der Waals surface area contributed by atoms with E-state index in [-0.39, 0.29) is 12.6 Å². The van der Waals surface area contributed by atoms with Crippen LogP contribution in [-0.4, -0.2) is 38.8 Å². The standard InChI is InChI=1S/C10H15N3O4S/c1-18-4-2-3-12-8(14)11-9(15)13(10(12)16)5-7-6-17-7/h7H,2-6H2,1H3,(H,11,14,15). The predicted molar refractivity (Wildman–Crippen MR) is 68.3 cm³/mol. The number of hydrogen-bond donors (Lipinski definition) is 1. The highest BCUT2D eigenvalue weighted by molar-refractivity contribution is 7.98. The minimum atomic E-state index is -0.665. The molecule has 8 heteroatoms. The molecule has 0 amide bonds. The Hall–Kier alpha value is -1.28. The van der Waals surface area contributed by atoms with Gasteiger partial charge in [-0.3, -0.25) is 4.98 Å². The highest BCUT2D eigenvalue weighted by Crippen LogP contribution is 2.08. The highest BCUT2D eigenvalue weighted by atomic mass is 32.2. The molecule has 0 aliphatic carbocycles. The van der Waals surface area contributed by atoms with Gasteiger partial charge in [0.05, 0.1) is 19.3 Å². The van der Waals surface area contributed by atoms with E-state index >= 15 is 0 Å². The van der Waals surface area contributed by atoms with Crippen LogP contribution >= 0.6 is 11.8 Å². The second-order valence-electron chi connectivity index (χ2n) is 4.08. The van der Waals surface area contributed by atoms with E-state index in [0.717, 1.165) is 14.9 Å². The van der Waals surface area contributed by atoms with Gasteiger partial charge >= 0.3 is 17.1 Å². The van der Waals surface area contributed by atoms with Gasteiger partial charge in [-0.15, -0.1) is 0 Å². The van der Waals surface area contributed by atoms with Gasteiger partial charge in [-0.2, -0.15) is 11.8 Å². The molecule has 2 rings (SSSR count). The lowest BCUT2D eigenvalue weighted by Gasteiger charge is -2.07. The quantitative estimate of drug-likeness (QED) is 0.522. The van der Waals surface area contributed by atoms with Crippen LogP contribution in [0.4, 0.5) is 0 Å². The first kappa shape index (κ1) is 13.2. The minimum absolute atomic E-state index is 0.0825. The van der Waals surface area contributed by atoms with E-state index in [1.54, 1.807) is 11.8 Å². The van der Waals surface area contributed by atoms with Crippen LogP contribution in [0.1, 0.15) is 6.42 Å². The Labute approximate surface area is 107 Å². The molecule has 18 heavy (non-hydrogen) atoms. The molecule has 0 spiro atoms. The lowest BCUT2D eigenvalue weighted by atomic mass is 10.4. The molecule has 100 valence electrons. The maximum absolute atomic E-state index is 12.0. The summed E-state index contributed by atoms with van der Waals surface area (Å²) >= 11 is 1.64. The van der Waals surface area contributed by atoms with Crippen LogP contribution in [0.3, 0.4) is 0 Å². The van der Waals surface area contributed by atoms with Crippen molar-refractivity contribution in [3.63, 3.8) is 0 Å². The molecule has 1 aromatic rings. The van der Waals surface area contributed by atoms with E-state index in [2.05, 4.69) is 4.98 Å². The number of aromatic amines is 1. The van der Waals surface area contributed by atoms with Crippen LogP contribution in [0.15, 0.2) is 14.4 Å². The maximum Gasteiger partial charge on any atom is 0.336 e. The molecule has 0 aromatic carbocycles. The Bertz CT molecular complexity index is 584. The number of hydrogen-bond acceptors (Lipinski definition) is 5. The highest BCUT2D eigenvalue weighted by Gasteiger charge is 2.25. The molecule has 2 heterocycles. The van der Waals surface area contributed by atoms with Gasteiger partial charge in [-0.05, 0) is 18.4 Å². The summed E-state index contributed by atoms with van der Waals surface area (Å²) < 4.78 is 7.08. The molecule has 1 saturated heterocycles. The molecule has 1 unspecified atom stereocenters. The second kappa shape index (κ2) is 5.57. The molecule has 1 fully saturated rings. The zero-order chi connectivity index (χ0) is 13.1. The molecule has 1 N–H and O–H groups in total. The fourth-order valence-corrected chi connectivity index (χ4v) is 2.07. The van der Waals surface area contributed by atoms with Crippen molar-refractivity contribution >= 4 is 11.8 Å². The Morgan fingerprint density at radius 3 is 2.61 bits per heavy atom. The maximum atomic E-state index is 12.0. The van der Waals surface area contributed by atoms with Crippen molar-refractivity contribution in [2.45, 2.75) is 25.6 Å². The van der Waals surface area contributed by atoms with Crippen LogP contribution in [0.5, 0.6) is 0 Å². The summed E-state index contributed by atoms with van der Waals surface area (Å²) in [5.74, 6) is 0.858.